The predicted molar refractivity (Wildman–Crippen MR) is 89.6 cm³/mol. The number of rotatable bonds is 3. The SMILES string of the molecule is O=C(CN1C(=O)CSc2ccccc21)Nc1ccc(F)c(Cl)c1. The molecule has 118 valence electrons. The monoisotopic (exact) mass is 350 g/mol. The molecule has 1 N–H and O–H groups in total. The number of hydrogen-bond acceptors (Lipinski definition) is 3. The lowest BCUT2D eigenvalue weighted by molar-refractivity contribution is -0.120. The molecule has 1 aliphatic rings. The van der Waals surface area contributed by atoms with Gasteiger partial charge in [-0.2, -0.15) is 0 Å². The van der Waals surface area contributed by atoms with E-state index in [-0.39, 0.29) is 23.4 Å². The molecule has 0 spiro atoms. The lowest BCUT2D eigenvalue weighted by Crippen LogP contribution is -2.41. The van der Waals surface area contributed by atoms with Gasteiger partial charge in [-0.25, -0.2) is 4.39 Å². The van der Waals surface area contributed by atoms with Crippen LogP contribution in [0.3, 0.4) is 0 Å². The maximum absolute atomic E-state index is 13.1. The molecule has 3 rings (SSSR count). The first-order valence-corrected chi connectivity index (χ1v) is 8.18. The third-order valence-corrected chi connectivity index (χ3v) is 4.65. The number of anilines is 2. The molecule has 7 heteroatoms. The Hall–Kier alpha value is -2.05. The summed E-state index contributed by atoms with van der Waals surface area (Å²) in [7, 11) is 0. The number of thioether (sulfide) groups is 1. The van der Waals surface area contributed by atoms with Crippen molar-refractivity contribution in [3.8, 4) is 0 Å². The van der Waals surface area contributed by atoms with E-state index in [1.54, 1.807) is 6.07 Å². The van der Waals surface area contributed by atoms with Crippen LogP contribution >= 0.6 is 23.4 Å². The van der Waals surface area contributed by atoms with Crippen LogP contribution in [0.15, 0.2) is 47.4 Å². The van der Waals surface area contributed by atoms with Gasteiger partial charge in [0.05, 0.1) is 16.5 Å². The molecular weight excluding hydrogens is 339 g/mol. The second-order valence-electron chi connectivity index (χ2n) is 4.91. The zero-order valence-corrected chi connectivity index (χ0v) is 13.5. The highest BCUT2D eigenvalue weighted by atomic mass is 35.5. The first kappa shape index (κ1) is 15.8. The Labute approximate surface area is 141 Å². The van der Waals surface area contributed by atoms with Crippen LogP contribution in [0.5, 0.6) is 0 Å². The molecule has 0 saturated carbocycles. The van der Waals surface area contributed by atoms with Crippen LogP contribution in [0.25, 0.3) is 0 Å². The minimum atomic E-state index is -0.554. The van der Waals surface area contributed by atoms with E-state index < -0.39 is 5.82 Å². The molecule has 4 nitrogen and oxygen atoms in total. The fraction of sp³-hybridized carbons (Fsp3) is 0.125. The zero-order valence-electron chi connectivity index (χ0n) is 11.9. The summed E-state index contributed by atoms with van der Waals surface area (Å²) in [4.78, 5) is 26.7. The molecule has 2 amide bonds. The number of carbonyl (C=O) groups is 2. The predicted octanol–water partition coefficient (Wildman–Crippen LogP) is 3.56. The van der Waals surface area contributed by atoms with E-state index in [2.05, 4.69) is 5.32 Å². The molecule has 0 aromatic heterocycles. The van der Waals surface area contributed by atoms with Crippen LogP contribution in [0.4, 0.5) is 15.8 Å². The van der Waals surface area contributed by atoms with Gasteiger partial charge in [-0.1, -0.05) is 23.7 Å². The summed E-state index contributed by atoms with van der Waals surface area (Å²) >= 11 is 7.14. The minimum absolute atomic E-state index is 0.0707. The summed E-state index contributed by atoms with van der Waals surface area (Å²) in [5.74, 6) is -0.752. The molecular formula is C16H12ClFN2O2S. The maximum Gasteiger partial charge on any atom is 0.244 e. The highest BCUT2D eigenvalue weighted by Gasteiger charge is 2.26. The smallest absolute Gasteiger partial charge is 0.244 e. The summed E-state index contributed by atoms with van der Waals surface area (Å²) in [5, 5.41) is 2.55. The van der Waals surface area contributed by atoms with Gasteiger partial charge >= 0.3 is 0 Å². The third-order valence-electron chi connectivity index (χ3n) is 3.31. The number of nitrogens with zero attached hydrogens (tertiary/aromatic N) is 1. The van der Waals surface area contributed by atoms with Crippen molar-refractivity contribution in [2.45, 2.75) is 4.90 Å². The van der Waals surface area contributed by atoms with Gasteiger partial charge in [0.2, 0.25) is 11.8 Å². The van der Waals surface area contributed by atoms with E-state index in [0.717, 1.165) is 10.6 Å². The maximum atomic E-state index is 13.1. The van der Waals surface area contributed by atoms with Crippen LogP contribution in [0.2, 0.25) is 5.02 Å². The second-order valence-corrected chi connectivity index (χ2v) is 6.34. The van der Waals surface area contributed by atoms with Crippen molar-refractivity contribution >= 4 is 46.6 Å². The number of fused-ring (bicyclic) bond motifs is 1. The van der Waals surface area contributed by atoms with Gasteiger partial charge in [0.25, 0.3) is 0 Å². The molecule has 2 aromatic rings. The highest BCUT2D eigenvalue weighted by Crippen LogP contribution is 2.34. The van der Waals surface area contributed by atoms with Gasteiger partial charge in [-0.3, -0.25) is 9.59 Å². The van der Waals surface area contributed by atoms with Crippen LogP contribution < -0.4 is 10.2 Å². The van der Waals surface area contributed by atoms with Crippen LogP contribution in [-0.4, -0.2) is 24.1 Å². The Balaban J connectivity index is 1.75. The Bertz CT molecular complexity index is 784. The lowest BCUT2D eigenvalue weighted by Gasteiger charge is -2.28. The molecule has 0 saturated heterocycles. The molecule has 0 atom stereocenters. The Morgan fingerprint density at radius 3 is 2.87 bits per heavy atom. The molecule has 0 aliphatic carbocycles. The summed E-state index contributed by atoms with van der Waals surface area (Å²) in [6.45, 7) is -0.106. The number of para-hydroxylation sites is 1. The van der Waals surface area contributed by atoms with E-state index >= 15 is 0 Å². The van der Waals surface area contributed by atoms with Crippen LogP contribution in [0, 0.1) is 5.82 Å². The van der Waals surface area contributed by atoms with E-state index in [4.69, 9.17) is 11.6 Å². The molecule has 0 radical (unpaired) electrons. The van der Waals surface area contributed by atoms with Crippen molar-refractivity contribution in [2.75, 3.05) is 22.5 Å². The molecule has 2 aromatic carbocycles. The van der Waals surface area contributed by atoms with Crippen molar-refractivity contribution in [1.29, 1.82) is 0 Å². The largest absolute Gasteiger partial charge is 0.324 e. The quantitative estimate of drug-likeness (QED) is 0.920. The first-order valence-electron chi connectivity index (χ1n) is 6.81. The normalized spacial score (nSPS) is 13.7. The fourth-order valence-electron chi connectivity index (χ4n) is 2.25. The van der Waals surface area contributed by atoms with Gasteiger partial charge in [0, 0.05) is 10.6 Å². The van der Waals surface area contributed by atoms with E-state index in [0.29, 0.717) is 11.4 Å². The topological polar surface area (TPSA) is 49.4 Å². The first-order chi connectivity index (χ1) is 11.0. The molecule has 0 unspecified atom stereocenters. The number of hydrogen-bond donors (Lipinski definition) is 1. The van der Waals surface area contributed by atoms with Crippen LogP contribution in [0.1, 0.15) is 0 Å². The molecule has 0 fully saturated rings. The van der Waals surface area contributed by atoms with Gasteiger partial charge < -0.3 is 10.2 Å². The van der Waals surface area contributed by atoms with Crippen molar-refractivity contribution in [3.05, 3.63) is 53.3 Å². The average molecular weight is 351 g/mol. The Kier molecular flexibility index (Phi) is 4.54. The zero-order chi connectivity index (χ0) is 16.4. The summed E-state index contributed by atoms with van der Waals surface area (Å²) in [6.07, 6.45) is 0. The van der Waals surface area contributed by atoms with Gasteiger partial charge in [0.1, 0.15) is 12.4 Å². The van der Waals surface area contributed by atoms with E-state index in [1.165, 1.54) is 34.9 Å². The summed E-state index contributed by atoms with van der Waals surface area (Å²) < 4.78 is 13.1. The Morgan fingerprint density at radius 1 is 1.30 bits per heavy atom. The lowest BCUT2D eigenvalue weighted by atomic mass is 10.2. The van der Waals surface area contributed by atoms with E-state index in [9.17, 15) is 14.0 Å². The molecule has 1 heterocycles. The van der Waals surface area contributed by atoms with Crippen LogP contribution in [-0.2, 0) is 9.59 Å². The van der Waals surface area contributed by atoms with E-state index in [1.807, 2.05) is 18.2 Å². The molecule has 1 aliphatic heterocycles. The summed E-state index contributed by atoms with van der Waals surface area (Å²) in [6, 6.07) is 11.4. The number of amides is 2. The molecule has 23 heavy (non-hydrogen) atoms. The van der Waals surface area contributed by atoms with Gasteiger partial charge in [-0.15, -0.1) is 11.8 Å². The number of carbonyl (C=O) groups excluding carboxylic acids is 2. The fourth-order valence-corrected chi connectivity index (χ4v) is 3.36. The highest BCUT2D eigenvalue weighted by molar-refractivity contribution is 8.00. The minimum Gasteiger partial charge on any atom is -0.324 e. The second kappa shape index (κ2) is 6.60. The van der Waals surface area contributed by atoms with Crippen molar-refractivity contribution in [1.82, 2.24) is 0 Å². The third kappa shape index (κ3) is 3.48. The van der Waals surface area contributed by atoms with Crippen molar-refractivity contribution in [3.63, 3.8) is 0 Å². The van der Waals surface area contributed by atoms with Crippen molar-refractivity contribution < 1.29 is 14.0 Å². The van der Waals surface area contributed by atoms with Gasteiger partial charge in [0.15, 0.2) is 0 Å². The Morgan fingerprint density at radius 2 is 2.09 bits per heavy atom. The van der Waals surface area contributed by atoms with Crippen molar-refractivity contribution in [2.24, 2.45) is 0 Å². The van der Waals surface area contributed by atoms with Gasteiger partial charge in [-0.05, 0) is 30.3 Å². The summed E-state index contributed by atoms with van der Waals surface area (Å²) in [5.41, 5.74) is 1.11. The number of benzene rings is 2. The number of halogens is 2. The number of nitrogens with one attached hydrogen (secondary N) is 1. The standard InChI is InChI=1S/C16H12ClFN2O2S/c17-11-7-10(5-6-12(11)18)19-15(21)8-20-13-3-1-2-4-14(13)23-9-16(20)22/h1-7H,8-9H2,(H,19,21). The molecule has 0 bridgehead atoms. The average Bonchev–Trinajstić information content (AvgIpc) is 2.54.